The standard InChI is InChI=1S/C17H18FN3O.C9H16N2O2.C3H9N/c1-17(2,3)14(16-20-9-13(10-22)21-16)8-15(19)11-4-6-12(18)7-5-11;1-9(2)8(13)11(6-7-12)5-4-10(9)3;1-4(2)3/h4-10,19H,1-3H3,(H,20,21);7H,4-6H2,1-3H3;1-3H3/b14-8+,19-15?;;. The van der Waals surface area contributed by atoms with E-state index in [9.17, 15) is 18.8 Å². The lowest BCUT2D eigenvalue weighted by Gasteiger charge is -2.43. The van der Waals surface area contributed by atoms with Gasteiger partial charge in [-0.1, -0.05) is 20.8 Å². The topological polar surface area (TPSA) is 113 Å². The molecule has 0 radical (unpaired) electrons. The van der Waals surface area contributed by atoms with Gasteiger partial charge in [0.2, 0.25) is 5.91 Å². The first kappa shape index (κ1) is 33.5. The highest BCUT2D eigenvalue weighted by Gasteiger charge is 2.39. The lowest BCUT2D eigenvalue weighted by Crippen LogP contribution is -2.61. The van der Waals surface area contributed by atoms with Crippen LogP contribution >= 0.6 is 0 Å². The zero-order valence-corrected chi connectivity index (χ0v) is 24.6. The molecule has 1 aromatic heterocycles. The van der Waals surface area contributed by atoms with Crippen molar-refractivity contribution in [3.63, 3.8) is 0 Å². The quantitative estimate of drug-likeness (QED) is 0.424. The fourth-order valence-electron chi connectivity index (χ4n) is 3.50. The number of aromatic amines is 1. The van der Waals surface area contributed by atoms with Crippen LogP contribution in [-0.4, -0.2) is 102 Å². The summed E-state index contributed by atoms with van der Waals surface area (Å²) in [5, 5.41) is 8.20. The molecule has 2 heterocycles. The van der Waals surface area contributed by atoms with Crippen LogP contribution in [0.3, 0.4) is 0 Å². The first-order valence-electron chi connectivity index (χ1n) is 12.7. The van der Waals surface area contributed by atoms with E-state index < -0.39 is 5.54 Å². The number of carbonyl (C=O) groups is 3. The monoisotopic (exact) mass is 542 g/mol. The molecule has 0 saturated carbocycles. The molecule has 9 nitrogen and oxygen atoms in total. The number of imidazole rings is 1. The number of piperazine rings is 1. The number of nitrogens with one attached hydrogen (secondary N) is 2. The predicted molar refractivity (Wildman–Crippen MR) is 154 cm³/mol. The van der Waals surface area contributed by atoms with E-state index in [1.165, 1.54) is 18.3 Å². The zero-order chi connectivity index (χ0) is 30.0. The minimum absolute atomic E-state index is 0.0355. The van der Waals surface area contributed by atoms with Crippen LogP contribution in [-0.2, 0) is 9.59 Å². The van der Waals surface area contributed by atoms with E-state index in [1.807, 2.05) is 72.6 Å². The van der Waals surface area contributed by atoms with Gasteiger partial charge in [-0.25, -0.2) is 9.37 Å². The van der Waals surface area contributed by atoms with E-state index in [0.717, 1.165) is 18.4 Å². The number of aromatic nitrogens is 2. The molecular formula is C29H43FN6O3. The van der Waals surface area contributed by atoms with Gasteiger partial charge in [-0.05, 0) is 83.4 Å². The van der Waals surface area contributed by atoms with E-state index in [2.05, 4.69) is 9.97 Å². The Hall–Kier alpha value is -3.50. The molecule has 0 spiro atoms. The first-order valence-corrected chi connectivity index (χ1v) is 12.7. The van der Waals surface area contributed by atoms with E-state index in [1.54, 1.807) is 23.1 Å². The second-order valence-corrected chi connectivity index (χ2v) is 11.3. The van der Waals surface area contributed by atoms with Gasteiger partial charge in [-0.2, -0.15) is 0 Å². The molecule has 1 aliphatic heterocycles. The molecule has 0 unspecified atom stereocenters. The number of hydrogen-bond acceptors (Lipinski definition) is 7. The Bertz CT molecular complexity index is 1140. The maximum absolute atomic E-state index is 13.0. The lowest BCUT2D eigenvalue weighted by atomic mass is 9.84. The van der Waals surface area contributed by atoms with Gasteiger partial charge in [-0.15, -0.1) is 0 Å². The highest BCUT2D eigenvalue weighted by Crippen LogP contribution is 2.32. The van der Waals surface area contributed by atoms with Crippen molar-refractivity contribution in [1.29, 1.82) is 5.41 Å². The number of H-pyrrole nitrogens is 1. The average Bonchev–Trinajstić information content (AvgIpc) is 3.32. The number of amides is 1. The summed E-state index contributed by atoms with van der Waals surface area (Å²) in [5.74, 6) is 0.257. The lowest BCUT2D eigenvalue weighted by molar-refractivity contribution is -0.148. The predicted octanol–water partition coefficient (Wildman–Crippen LogP) is 3.77. The van der Waals surface area contributed by atoms with Crippen molar-refractivity contribution >= 4 is 29.8 Å². The number of hydrogen-bond donors (Lipinski definition) is 2. The van der Waals surface area contributed by atoms with Gasteiger partial charge in [0.1, 0.15) is 17.9 Å². The molecule has 3 rings (SSSR count). The molecule has 1 amide bonds. The molecule has 2 N–H and O–H groups in total. The molecule has 214 valence electrons. The van der Waals surface area contributed by atoms with Crippen molar-refractivity contribution in [3.05, 3.63) is 59.4 Å². The molecule has 0 aliphatic carbocycles. The van der Waals surface area contributed by atoms with Crippen LogP contribution in [0.5, 0.6) is 0 Å². The molecule has 1 fully saturated rings. The largest absolute Gasteiger partial charge is 0.336 e. The van der Waals surface area contributed by atoms with Crippen LogP contribution in [0.25, 0.3) is 5.57 Å². The molecule has 1 aliphatic rings. The number of allylic oxidation sites excluding steroid dienone is 2. The number of likely N-dealkylation sites (N-methyl/N-ethyl adjacent to an activating group) is 1. The van der Waals surface area contributed by atoms with Gasteiger partial charge in [0.25, 0.3) is 0 Å². The van der Waals surface area contributed by atoms with Gasteiger partial charge in [0.15, 0.2) is 6.29 Å². The third kappa shape index (κ3) is 10.3. The van der Waals surface area contributed by atoms with Crippen LogP contribution in [0.15, 0.2) is 36.5 Å². The van der Waals surface area contributed by atoms with Gasteiger partial charge in [0, 0.05) is 18.7 Å². The third-order valence-electron chi connectivity index (χ3n) is 5.99. The highest BCUT2D eigenvalue weighted by molar-refractivity contribution is 6.10. The SMILES string of the molecule is CC(C)(C)/C(=C/C(=N)c1ccc(F)cc1)c1ncc(C=O)[nH]1.CN(C)C.CN1CCN(CC=O)C(=O)C1(C)C. The summed E-state index contributed by atoms with van der Waals surface area (Å²) in [5.41, 5.74) is 1.32. The van der Waals surface area contributed by atoms with Crippen LogP contribution in [0.1, 0.15) is 56.5 Å². The highest BCUT2D eigenvalue weighted by atomic mass is 19.1. The number of aldehydes is 2. The van der Waals surface area contributed by atoms with Gasteiger partial charge < -0.3 is 25.0 Å². The molecular weight excluding hydrogens is 499 g/mol. The van der Waals surface area contributed by atoms with Crippen molar-refractivity contribution in [2.24, 2.45) is 5.41 Å². The molecule has 1 saturated heterocycles. The van der Waals surface area contributed by atoms with Crippen molar-refractivity contribution in [2.45, 2.75) is 40.2 Å². The number of nitrogens with zero attached hydrogens (tertiary/aromatic N) is 4. The Morgan fingerprint density at radius 1 is 1.15 bits per heavy atom. The summed E-state index contributed by atoms with van der Waals surface area (Å²) in [6.07, 6.45) is 4.63. The summed E-state index contributed by atoms with van der Waals surface area (Å²) in [6, 6.07) is 5.78. The van der Waals surface area contributed by atoms with Crippen molar-refractivity contribution in [1.82, 2.24) is 24.7 Å². The zero-order valence-electron chi connectivity index (χ0n) is 24.6. The minimum Gasteiger partial charge on any atom is -0.336 e. The van der Waals surface area contributed by atoms with E-state index in [4.69, 9.17) is 5.41 Å². The van der Waals surface area contributed by atoms with E-state index >= 15 is 0 Å². The van der Waals surface area contributed by atoms with Gasteiger partial charge >= 0.3 is 0 Å². The van der Waals surface area contributed by atoms with Crippen LogP contribution in [0, 0.1) is 16.6 Å². The number of halogens is 1. The fourth-order valence-corrected chi connectivity index (χ4v) is 3.50. The normalized spacial score (nSPS) is 15.6. The average molecular weight is 543 g/mol. The Labute approximate surface area is 231 Å². The fraction of sp³-hybridized carbons (Fsp3) is 0.483. The van der Waals surface area contributed by atoms with E-state index in [-0.39, 0.29) is 29.4 Å². The van der Waals surface area contributed by atoms with Crippen molar-refractivity contribution < 1.29 is 18.8 Å². The second-order valence-electron chi connectivity index (χ2n) is 11.3. The summed E-state index contributed by atoms with van der Waals surface area (Å²) in [7, 11) is 7.93. The molecule has 39 heavy (non-hydrogen) atoms. The van der Waals surface area contributed by atoms with Crippen LogP contribution < -0.4 is 0 Å². The summed E-state index contributed by atoms with van der Waals surface area (Å²) in [6.45, 7) is 11.5. The van der Waals surface area contributed by atoms with Gasteiger partial charge in [-0.3, -0.25) is 14.5 Å². The first-order chi connectivity index (χ1) is 18.0. The van der Waals surface area contributed by atoms with Crippen LogP contribution in [0.2, 0.25) is 0 Å². The number of rotatable bonds is 6. The van der Waals surface area contributed by atoms with Crippen molar-refractivity contribution in [3.8, 4) is 0 Å². The molecule has 0 atom stereocenters. The second kappa shape index (κ2) is 14.6. The van der Waals surface area contributed by atoms with Crippen molar-refractivity contribution in [2.75, 3.05) is 47.8 Å². The molecule has 0 bridgehead atoms. The Kier molecular flexibility index (Phi) is 12.5. The minimum atomic E-state index is -0.471. The Morgan fingerprint density at radius 2 is 1.72 bits per heavy atom. The third-order valence-corrected chi connectivity index (χ3v) is 5.99. The molecule has 10 heteroatoms. The Morgan fingerprint density at radius 3 is 2.18 bits per heavy atom. The number of benzene rings is 1. The Balaban J connectivity index is 0.000000378. The molecule has 1 aromatic carbocycles. The molecule has 2 aromatic rings. The number of carbonyl (C=O) groups excluding carboxylic acids is 3. The maximum atomic E-state index is 13.0. The summed E-state index contributed by atoms with van der Waals surface area (Å²) in [4.78, 5) is 45.6. The van der Waals surface area contributed by atoms with Crippen LogP contribution in [0.4, 0.5) is 4.39 Å². The summed E-state index contributed by atoms with van der Waals surface area (Å²) < 4.78 is 13.0. The maximum Gasteiger partial charge on any atom is 0.242 e. The van der Waals surface area contributed by atoms with E-state index in [0.29, 0.717) is 29.9 Å². The smallest absolute Gasteiger partial charge is 0.242 e. The summed E-state index contributed by atoms with van der Waals surface area (Å²) >= 11 is 0. The van der Waals surface area contributed by atoms with Gasteiger partial charge in [0.05, 0.1) is 29.7 Å².